The molecule has 0 aromatic carbocycles. The Labute approximate surface area is 101 Å². The van der Waals surface area contributed by atoms with Crippen molar-refractivity contribution in [3.63, 3.8) is 0 Å². The lowest BCUT2D eigenvalue weighted by molar-refractivity contribution is 0.245. The second-order valence-corrected chi connectivity index (χ2v) is 5.44. The number of nitrogen functional groups attached to an aromatic ring is 1. The van der Waals surface area contributed by atoms with E-state index in [1.165, 1.54) is 24.4 Å². The Morgan fingerprint density at radius 2 is 2.25 bits per heavy atom. The van der Waals surface area contributed by atoms with Crippen LogP contribution >= 0.6 is 11.5 Å². The Morgan fingerprint density at radius 1 is 1.56 bits per heavy atom. The number of nitrogens with zero attached hydrogens (tertiary/aromatic N) is 2. The van der Waals surface area contributed by atoms with Crippen LogP contribution in [0, 0.1) is 5.92 Å². The van der Waals surface area contributed by atoms with Crippen molar-refractivity contribution in [3.05, 3.63) is 0 Å². The fourth-order valence-corrected chi connectivity index (χ4v) is 2.36. The Hall–Kier alpha value is -0.970. The topological polar surface area (TPSA) is 51.4 Å². The highest BCUT2D eigenvalue weighted by molar-refractivity contribution is 7.11. The van der Waals surface area contributed by atoms with E-state index in [9.17, 15) is 0 Å². The molecule has 0 unspecified atom stereocenters. The van der Waals surface area contributed by atoms with Crippen LogP contribution in [0.4, 0.5) is 10.8 Å². The van der Waals surface area contributed by atoms with Crippen LogP contribution in [0.25, 0.3) is 0 Å². The van der Waals surface area contributed by atoms with Gasteiger partial charge in [0, 0.05) is 13.6 Å². The van der Waals surface area contributed by atoms with Gasteiger partial charge in [-0.1, -0.05) is 0 Å². The summed E-state index contributed by atoms with van der Waals surface area (Å²) < 4.78 is 9.89. The van der Waals surface area contributed by atoms with E-state index in [0.717, 1.165) is 23.2 Å². The standard InChI is InChI=1S/C11H19N3OS/c1-7(2)15-9-10(12)13-16-11(9)14(3)6-8-4-5-8/h7-8H,4-6H2,1-3H3,(H2,12,13). The highest BCUT2D eigenvalue weighted by Crippen LogP contribution is 2.40. The number of hydrogen-bond donors (Lipinski definition) is 1. The molecule has 0 aliphatic heterocycles. The minimum Gasteiger partial charge on any atom is -0.484 e. The summed E-state index contributed by atoms with van der Waals surface area (Å²) in [7, 11) is 2.08. The molecule has 2 rings (SSSR count). The molecule has 1 aromatic rings. The molecule has 0 amide bonds. The molecule has 1 saturated carbocycles. The fourth-order valence-electron chi connectivity index (χ4n) is 1.65. The predicted molar refractivity (Wildman–Crippen MR) is 68.3 cm³/mol. The molecular formula is C11H19N3OS. The third-order valence-corrected chi connectivity index (χ3v) is 3.54. The first-order chi connectivity index (χ1) is 7.58. The second kappa shape index (κ2) is 4.49. The first-order valence-electron chi connectivity index (χ1n) is 5.71. The number of ether oxygens (including phenoxy) is 1. The highest BCUT2D eigenvalue weighted by Gasteiger charge is 2.26. The summed E-state index contributed by atoms with van der Waals surface area (Å²) in [5, 5.41) is 1.05. The van der Waals surface area contributed by atoms with Crippen LogP contribution in [0.3, 0.4) is 0 Å². The summed E-state index contributed by atoms with van der Waals surface area (Å²) in [5.74, 6) is 2.11. The Bertz CT molecular complexity index is 360. The molecule has 1 aromatic heterocycles. The van der Waals surface area contributed by atoms with Gasteiger partial charge in [-0.05, 0) is 44.1 Å². The van der Waals surface area contributed by atoms with Gasteiger partial charge in [0.1, 0.15) is 0 Å². The molecule has 1 heterocycles. The maximum Gasteiger partial charge on any atom is 0.198 e. The SMILES string of the molecule is CC(C)Oc1c(N)nsc1N(C)CC1CC1. The molecule has 0 saturated heterocycles. The summed E-state index contributed by atoms with van der Waals surface area (Å²) in [4.78, 5) is 2.21. The van der Waals surface area contributed by atoms with E-state index in [1.54, 1.807) is 0 Å². The van der Waals surface area contributed by atoms with Gasteiger partial charge in [-0.25, -0.2) is 0 Å². The van der Waals surface area contributed by atoms with Gasteiger partial charge in [-0.3, -0.25) is 0 Å². The van der Waals surface area contributed by atoms with Gasteiger partial charge in [0.15, 0.2) is 16.6 Å². The van der Waals surface area contributed by atoms with Crippen molar-refractivity contribution in [1.82, 2.24) is 4.37 Å². The molecule has 0 atom stereocenters. The lowest BCUT2D eigenvalue weighted by Crippen LogP contribution is -2.20. The van der Waals surface area contributed by atoms with Crippen molar-refractivity contribution < 1.29 is 4.74 Å². The van der Waals surface area contributed by atoms with E-state index in [0.29, 0.717) is 5.82 Å². The predicted octanol–water partition coefficient (Wildman–Crippen LogP) is 2.36. The van der Waals surface area contributed by atoms with Gasteiger partial charge in [0.25, 0.3) is 0 Å². The Balaban J connectivity index is 2.11. The van der Waals surface area contributed by atoms with E-state index in [-0.39, 0.29) is 6.10 Å². The average Bonchev–Trinajstić information content (AvgIpc) is 2.93. The van der Waals surface area contributed by atoms with Crippen LogP contribution in [0.15, 0.2) is 0 Å². The van der Waals surface area contributed by atoms with Gasteiger partial charge >= 0.3 is 0 Å². The maximum atomic E-state index is 5.82. The van der Waals surface area contributed by atoms with Crippen LogP contribution < -0.4 is 15.4 Å². The summed E-state index contributed by atoms with van der Waals surface area (Å²) in [6.45, 7) is 5.08. The van der Waals surface area contributed by atoms with Gasteiger partial charge < -0.3 is 15.4 Å². The molecule has 1 aliphatic carbocycles. The zero-order chi connectivity index (χ0) is 11.7. The van der Waals surface area contributed by atoms with E-state index >= 15 is 0 Å². The average molecular weight is 241 g/mol. The number of aromatic nitrogens is 1. The van der Waals surface area contributed by atoms with Crippen LogP contribution in [0.1, 0.15) is 26.7 Å². The van der Waals surface area contributed by atoms with Crippen molar-refractivity contribution in [2.24, 2.45) is 5.92 Å². The molecule has 90 valence electrons. The largest absolute Gasteiger partial charge is 0.484 e. The number of nitrogens with two attached hydrogens (primary N) is 1. The summed E-state index contributed by atoms with van der Waals surface area (Å²) in [5.41, 5.74) is 5.82. The van der Waals surface area contributed by atoms with E-state index in [2.05, 4.69) is 16.3 Å². The van der Waals surface area contributed by atoms with Gasteiger partial charge in [-0.2, -0.15) is 4.37 Å². The lowest BCUT2D eigenvalue weighted by atomic mass is 10.4. The lowest BCUT2D eigenvalue weighted by Gasteiger charge is -2.19. The van der Waals surface area contributed by atoms with Gasteiger partial charge in [-0.15, -0.1) is 0 Å². The van der Waals surface area contributed by atoms with E-state index in [4.69, 9.17) is 10.5 Å². The van der Waals surface area contributed by atoms with Crippen molar-refractivity contribution in [2.45, 2.75) is 32.8 Å². The minimum atomic E-state index is 0.131. The number of hydrogen-bond acceptors (Lipinski definition) is 5. The van der Waals surface area contributed by atoms with Crippen LogP contribution in [0.5, 0.6) is 5.75 Å². The second-order valence-electron chi connectivity index (χ2n) is 4.69. The summed E-state index contributed by atoms with van der Waals surface area (Å²) in [6, 6.07) is 0. The summed E-state index contributed by atoms with van der Waals surface area (Å²) in [6.07, 6.45) is 2.82. The van der Waals surface area contributed by atoms with Crippen molar-refractivity contribution in [3.8, 4) is 5.75 Å². The molecule has 1 aliphatic rings. The van der Waals surface area contributed by atoms with E-state index in [1.807, 2.05) is 13.8 Å². The van der Waals surface area contributed by atoms with E-state index < -0.39 is 0 Å². The Morgan fingerprint density at radius 3 is 2.81 bits per heavy atom. The van der Waals surface area contributed by atoms with Gasteiger partial charge in [0.05, 0.1) is 6.10 Å². The third-order valence-electron chi connectivity index (χ3n) is 2.59. The molecule has 0 bridgehead atoms. The number of anilines is 2. The molecule has 5 heteroatoms. The van der Waals surface area contributed by atoms with Crippen LogP contribution in [-0.4, -0.2) is 24.1 Å². The molecule has 1 fully saturated rings. The van der Waals surface area contributed by atoms with Crippen molar-refractivity contribution in [2.75, 3.05) is 24.2 Å². The quantitative estimate of drug-likeness (QED) is 0.859. The molecule has 0 spiro atoms. The fraction of sp³-hybridized carbons (Fsp3) is 0.727. The molecule has 0 radical (unpaired) electrons. The molecule has 16 heavy (non-hydrogen) atoms. The molecular weight excluding hydrogens is 222 g/mol. The molecule has 4 nitrogen and oxygen atoms in total. The zero-order valence-corrected chi connectivity index (χ0v) is 10.9. The maximum absolute atomic E-state index is 5.82. The normalized spacial score (nSPS) is 15.5. The first-order valence-corrected chi connectivity index (χ1v) is 6.48. The third kappa shape index (κ3) is 2.58. The van der Waals surface area contributed by atoms with Gasteiger partial charge in [0.2, 0.25) is 0 Å². The monoisotopic (exact) mass is 241 g/mol. The minimum absolute atomic E-state index is 0.131. The zero-order valence-electron chi connectivity index (χ0n) is 10.1. The highest BCUT2D eigenvalue weighted by atomic mass is 32.1. The van der Waals surface area contributed by atoms with Crippen LogP contribution in [0.2, 0.25) is 0 Å². The smallest absolute Gasteiger partial charge is 0.198 e. The summed E-state index contributed by atoms with van der Waals surface area (Å²) >= 11 is 1.42. The van der Waals surface area contributed by atoms with Crippen molar-refractivity contribution in [1.29, 1.82) is 0 Å². The van der Waals surface area contributed by atoms with Crippen molar-refractivity contribution >= 4 is 22.4 Å². The van der Waals surface area contributed by atoms with Crippen LogP contribution in [-0.2, 0) is 0 Å². The first kappa shape index (κ1) is 11.5. The number of rotatable bonds is 5. The Kier molecular flexibility index (Phi) is 3.23. The molecule has 2 N–H and O–H groups in total.